The maximum Gasteiger partial charge on any atom is 0.0637 e. The molecular weight excluding hydrogens is 246 g/mol. The van der Waals surface area contributed by atoms with Crippen LogP contribution < -0.4 is 4.90 Å². The Hall–Kier alpha value is -0.730. The average molecular weight is 270 g/mol. The summed E-state index contributed by atoms with van der Waals surface area (Å²) in [5, 5.41) is 0. The van der Waals surface area contributed by atoms with E-state index in [1.165, 1.54) is 16.8 Å². The van der Waals surface area contributed by atoms with Crippen molar-refractivity contribution in [2.24, 2.45) is 5.92 Å². The Labute approximate surface area is 116 Å². The van der Waals surface area contributed by atoms with Crippen molar-refractivity contribution in [3.05, 3.63) is 29.3 Å². The van der Waals surface area contributed by atoms with Gasteiger partial charge in [0.25, 0.3) is 0 Å². The quantitative estimate of drug-likeness (QED) is 0.698. The van der Waals surface area contributed by atoms with Gasteiger partial charge < -0.3 is 9.64 Å². The first kappa shape index (κ1) is 15.3. The van der Waals surface area contributed by atoms with Gasteiger partial charge in [-0.05, 0) is 36.1 Å². The Morgan fingerprint density at radius 2 is 2.06 bits per heavy atom. The fraction of sp³-hybridized carbons (Fsp3) is 0.600. The van der Waals surface area contributed by atoms with Gasteiger partial charge in [-0.1, -0.05) is 19.9 Å². The molecule has 0 heterocycles. The van der Waals surface area contributed by atoms with Gasteiger partial charge in [-0.25, -0.2) is 0 Å². The minimum atomic E-state index is 0.578. The van der Waals surface area contributed by atoms with Crippen molar-refractivity contribution in [3.63, 3.8) is 0 Å². The third kappa shape index (κ3) is 4.51. The Morgan fingerprint density at radius 1 is 1.33 bits per heavy atom. The largest absolute Gasteiger partial charge is 0.383 e. The van der Waals surface area contributed by atoms with Crippen LogP contribution in [0.5, 0.6) is 0 Å². The number of hydrogen-bond acceptors (Lipinski definition) is 2. The van der Waals surface area contributed by atoms with Gasteiger partial charge in [0, 0.05) is 31.8 Å². The minimum absolute atomic E-state index is 0.578. The molecule has 2 nitrogen and oxygen atoms in total. The van der Waals surface area contributed by atoms with E-state index in [9.17, 15) is 0 Å². The van der Waals surface area contributed by atoms with Crippen LogP contribution >= 0.6 is 11.6 Å². The summed E-state index contributed by atoms with van der Waals surface area (Å²) in [5.74, 6) is 1.21. The molecule has 0 unspecified atom stereocenters. The summed E-state index contributed by atoms with van der Waals surface area (Å²) in [7, 11) is 1.75. The van der Waals surface area contributed by atoms with E-state index in [1.807, 2.05) is 0 Å². The lowest BCUT2D eigenvalue weighted by molar-refractivity contribution is 0.204. The van der Waals surface area contributed by atoms with Gasteiger partial charge >= 0.3 is 0 Å². The van der Waals surface area contributed by atoms with Gasteiger partial charge in [0.1, 0.15) is 0 Å². The number of halogens is 1. The third-order valence-corrected chi connectivity index (χ3v) is 3.27. The van der Waals surface area contributed by atoms with Gasteiger partial charge in [0.2, 0.25) is 0 Å². The summed E-state index contributed by atoms with van der Waals surface area (Å²) in [6.45, 7) is 9.31. The first-order valence-corrected chi connectivity index (χ1v) is 7.01. The monoisotopic (exact) mass is 269 g/mol. The number of anilines is 1. The van der Waals surface area contributed by atoms with Crippen LogP contribution in [-0.2, 0) is 10.6 Å². The molecule has 0 aliphatic rings. The van der Waals surface area contributed by atoms with Crippen molar-refractivity contribution in [2.75, 3.05) is 31.7 Å². The van der Waals surface area contributed by atoms with Crippen LogP contribution in [0.1, 0.15) is 25.0 Å². The highest BCUT2D eigenvalue weighted by Crippen LogP contribution is 2.21. The number of methoxy groups -OCH3 is 1. The number of nitrogens with zero attached hydrogens (tertiary/aromatic N) is 1. The van der Waals surface area contributed by atoms with Crippen LogP contribution in [0.4, 0.5) is 5.69 Å². The Morgan fingerprint density at radius 3 is 2.56 bits per heavy atom. The molecule has 0 fully saturated rings. The van der Waals surface area contributed by atoms with E-state index in [2.05, 4.69) is 43.9 Å². The van der Waals surface area contributed by atoms with Crippen LogP contribution in [0.25, 0.3) is 0 Å². The average Bonchev–Trinajstić information content (AvgIpc) is 2.34. The Balaban J connectivity index is 2.86. The second-order valence-electron chi connectivity index (χ2n) is 5.08. The van der Waals surface area contributed by atoms with Crippen LogP contribution in [0.2, 0.25) is 0 Å². The van der Waals surface area contributed by atoms with Crippen molar-refractivity contribution in [2.45, 2.75) is 26.7 Å². The Kier molecular flexibility index (Phi) is 6.51. The van der Waals surface area contributed by atoms with E-state index in [0.717, 1.165) is 19.7 Å². The van der Waals surface area contributed by atoms with Crippen molar-refractivity contribution in [1.82, 2.24) is 0 Å². The lowest BCUT2D eigenvalue weighted by Crippen LogP contribution is -2.31. The topological polar surface area (TPSA) is 12.5 Å². The molecule has 0 saturated carbocycles. The number of rotatable bonds is 7. The normalized spacial score (nSPS) is 11.0. The lowest BCUT2D eigenvalue weighted by atomic mass is 10.1. The van der Waals surface area contributed by atoms with Crippen LogP contribution in [0.15, 0.2) is 18.2 Å². The molecule has 0 N–H and O–H groups in total. The van der Waals surface area contributed by atoms with Gasteiger partial charge in [-0.3, -0.25) is 0 Å². The number of benzene rings is 1. The SMILES string of the molecule is COCCN(CC(C)C)c1ccc(CCl)c(C)c1. The van der Waals surface area contributed by atoms with Crippen LogP contribution in [0.3, 0.4) is 0 Å². The van der Waals surface area contributed by atoms with Gasteiger partial charge in [-0.15, -0.1) is 11.6 Å². The molecule has 18 heavy (non-hydrogen) atoms. The highest BCUT2D eigenvalue weighted by atomic mass is 35.5. The summed E-state index contributed by atoms with van der Waals surface area (Å²) < 4.78 is 5.19. The Bertz CT molecular complexity index is 366. The molecule has 102 valence electrons. The summed E-state index contributed by atoms with van der Waals surface area (Å²) in [5.41, 5.74) is 3.72. The summed E-state index contributed by atoms with van der Waals surface area (Å²) >= 11 is 5.90. The molecule has 0 bridgehead atoms. The van der Waals surface area contributed by atoms with Crippen LogP contribution in [0, 0.1) is 12.8 Å². The summed E-state index contributed by atoms with van der Waals surface area (Å²) in [4.78, 5) is 2.37. The maximum absolute atomic E-state index is 5.90. The predicted molar refractivity (Wildman–Crippen MR) is 79.7 cm³/mol. The van der Waals surface area contributed by atoms with E-state index >= 15 is 0 Å². The van der Waals surface area contributed by atoms with E-state index in [0.29, 0.717) is 11.8 Å². The molecule has 0 aromatic heterocycles. The minimum Gasteiger partial charge on any atom is -0.383 e. The smallest absolute Gasteiger partial charge is 0.0637 e. The second kappa shape index (κ2) is 7.65. The molecule has 0 amide bonds. The van der Waals surface area contributed by atoms with Crippen LogP contribution in [-0.4, -0.2) is 26.8 Å². The zero-order valence-electron chi connectivity index (χ0n) is 11.9. The first-order valence-electron chi connectivity index (χ1n) is 6.47. The van der Waals surface area contributed by atoms with E-state index in [-0.39, 0.29) is 0 Å². The molecular formula is C15H24ClNO. The zero-order chi connectivity index (χ0) is 13.5. The predicted octanol–water partition coefficient (Wildman–Crippen LogP) is 3.84. The standard InChI is InChI=1S/C15H24ClNO/c1-12(2)11-17(7-8-18-4)15-6-5-14(10-16)13(3)9-15/h5-6,9,12H,7-8,10-11H2,1-4H3. The fourth-order valence-corrected chi connectivity index (χ4v) is 2.29. The van der Waals surface area contributed by atoms with Crippen molar-refractivity contribution < 1.29 is 4.74 Å². The van der Waals surface area contributed by atoms with E-state index in [4.69, 9.17) is 16.3 Å². The molecule has 1 aromatic rings. The molecule has 1 aromatic carbocycles. The molecule has 0 radical (unpaired) electrons. The van der Waals surface area contributed by atoms with Gasteiger partial charge in [0.05, 0.1) is 6.61 Å². The second-order valence-corrected chi connectivity index (χ2v) is 5.34. The molecule has 3 heteroatoms. The van der Waals surface area contributed by atoms with Gasteiger partial charge in [-0.2, -0.15) is 0 Å². The molecule has 0 aliphatic carbocycles. The highest BCUT2D eigenvalue weighted by molar-refractivity contribution is 6.17. The zero-order valence-corrected chi connectivity index (χ0v) is 12.6. The first-order chi connectivity index (χ1) is 8.58. The lowest BCUT2D eigenvalue weighted by Gasteiger charge is -2.27. The van der Waals surface area contributed by atoms with Crippen molar-refractivity contribution >= 4 is 17.3 Å². The summed E-state index contributed by atoms with van der Waals surface area (Å²) in [6.07, 6.45) is 0. The van der Waals surface area contributed by atoms with Crippen molar-refractivity contribution in [1.29, 1.82) is 0 Å². The van der Waals surface area contributed by atoms with E-state index in [1.54, 1.807) is 7.11 Å². The third-order valence-electron chi connectivity index (χ3n) is 2.99. The number of ether oxygens (including phenoxy) is 1. The molecule has 1 rings (SSSR count). The number of aryl methyl sites for hydroxylation is 1. The highest BCUT2D eigenvalue weighted by Gasteiger charge is 2.09. The van der Waals surface area contributed by atoms with Gasteiger partial charge in [0.15, 0.2) is 0 Å². The fourth-order valence-electron chi connectivity index (χ4n) is 1.99. The molecule has 0 aliphatic heterocycles. The van der Waals surface area contributed by atoms with E-state index < -0.39 is 0 Å². The van der Waals surface area contributed by atoms with Crippen molar-refractivity contribution in [3.8, 4) is 0 Å². The number of alkyl halides is 1. The maximum atomic E-state index is 5.90. The molecule has 0 atom stereocenters. The number of hydrogen-bond donors (Lipinski definition) is 0. The molecule has 0 spiro atoms. The molecule has 0 saturated heterocycles. The summed E-state index contributed by atoms with van der Waals surface area (Å²) in [6, 6.07) is 6.50.